The Labute approximate surface area is 166 Å². The van der Waals surface area contributed by atoms with Gasteiger partial charge in [-0.25, -0.2) is 4.99 Å². The van der Waals surface area contributed by atoms with Crippen LogP contribution in [0.25, 0.3) is 11.5 Å². The molecule has 0 radical (unpaired) electrons. The van der Waals surface area contributed by atoms with Crippen molar-refractivity contribution >= 4 is 28.6 Å². The van der Waals surface area contributed by atoms with Gasteiger partial charge in [0.05, 0.1) is 17.6 Å². The van der Waals surface area contributed by atoms with Crippen LogP contribution >= 0.6 is 22.9 Å². The van der Waals surface area contributed by atoms with Crippen molar-refractivity contribution in [2.24, 2.45) is 4.99 Å². The Balaban J connectivity index is 1.74. The zero-order valence-electron chi connectivity index (χ0n) is 14.8. The monoisotopic (exact) mass is 395 g/mol. The average molecular weight is 396 g/mol. The molecule has 0 aliphatic heterocycles. The molecule has 0 unspecified atom stereocenters. The Morgan fingerprint density at radius 2 is 2.11 bits per heavy atom. The summed E-state index contributed by atoms with van der Waals surface area (Å²) in [5.74, 6) is 0.829. The molecule has 27 heavy (non-hydrogen) atoms. The van der Waals surface area contributed by atoms with Crippen molar-refractivity contribution in [3.8, 4) is 11.5 Å². The Hall–Kier alpha value is -2.63. The van der Waals surface area contributed by atoms with Crippen molar-refractivity contribution in [3.63, 3.8) is 0 Å². The van der Waals surface area contributed by atoms with Gasteiger partial charge in [-0.3, -0.25) is 4.98 Å². The highest BCUT2D eigenvalue weighted by Crippen LogP contribution is 2.24. The van der Waals surface area contributed by atoms with Crippen molar-refractivity contribution in [3.05, 3.63) is 87.5 Å². The van der Waals surface area contributed by atoms with E-state index in [9.17, 15) is 0 Å². The van der Waals surface area contributed by atoms with Gasteiger partial charge in [0.25, 0.3) is 0 Å². The maximum atomic E-state index is 6.26. The van der Waals surface area contributed by atoms with Crippen molar-refractivity contribution in [2.75, 3.05) is 0 Å². The zero-order chi connectivity index (χ0) is 18.6. The predicted molar refractivity (Wildman–Crippen MR) is 109 cm³/mol. The van der Waals surface area contributed by atoms with Crippen LogP contribution < -0.4 is 4.80 Å². The van der Waals surface area contributed by atoms with Gasteiger partial charge in [0, 0.05) is 35.3 Å². The third kappa shape index (κ3) is 4.04. The fraction of sp³-hybridized carbons (Fsp3) is 0.143. The summed E-state index contributed by atoms with van der Waals surface area (Å²) in [6, 6.07) is 15.7. The third-order valence-corrected chi connectivity index (χ3v) is 5.54. The van der Waals surface area contributed by atoms with Crippen LogP contribution in [0.5, 0.6) is 0 Å². The van der Waals surface area contributed by atoms with Crippen LogP contribution in [0, 0.1) is 6.92 Å². The summed E-state index contributed by atoms with van der Waals surface area (Å²) in [7, 11) is 0. The van der Waals surface area contributed by atoms with Gasteiger partial charge < -0.3 is 8.98 Å². The lowest BCUT2D eigenvalue weighted by molar-refractivity contribution is 0.568. The summed E-state index contributed by atoms with van der Waals surface area (Å²) in [5.41, 5.74) is 3.94. The molecule has 0 amide bonds. The molecule has 4 nitrogen and oxygen atoms in total. The van der Waals surface area contributed by atoms with Crippen molar-refractivity contribution < 1.29 is 4.42 Å². The fourth-order valence-corrected chi connectivity index (χ4v) is 3.90. The van der Waals surface area contributed by atoms with Gasteiger partial charge in [0.15, 0.2) is 10.6 Å². The van der Waals surface area contributed by atoms with Gasteiger partial charge in [0.2, 0.25) is 0 Å². The lowest BCUT2D eigenvalue weighted by Crippen LogP contribution is -2.17. The molecule has 136 valence electrons. The molecular formula is C21H18ClN3OS. The van der Waals surface area contributed by atoms with Gasteiger partial charge >= 0.3 is 0 Å². The van der Waals surface area contributed by atoms with Gasteiger partial charge in [-0.05, 0) is 48.9 Å². The number of aromatic nitrogens is 2. The fourth-order valence-electron chi connectivity index (χ4n) is 2.79. The molecule has 4 aromatic rings. The van der Waals surface area contributed by atoms with Crippen LogP contribution in [0.15, 0.2) is 75.8 Å². The smallest absolute Gasteiger partial charge is 0.190 e. The Morgan fingerprint density at radius 3 is 2.85 bits per heavy atom. The lowest BCUT2D eigenvalue weighted by Gasteiger charge is -2.07. The summed E-state index contributed by atoms with van der Waals surface area (Å²) in [4.78, 5) is 10.1. The number of hydrogen-bond donors (Lipinski definition) is 0. The SMILES string of the molecule is Cc1ccc(N=c2scc(-c3ccco3)n2CCc2ccccn2)cc1Cl. The number of halogens is 1. The highest BCUT2D eigenvalue weighted by Gasteiger charge is 2.11. The number of furan rings is 1. The first kappa shape index (κ1) is 17.8. The van der Waals surface area contributed by atoms with Gasteiger partial charge in [-0.15, -0.1) is 11.3 Å². The van der Waals surface area contributed by atoms with E-state index in [1.807, 2.05) is 61.7 Å². The number of thiazole rings is 1. The Kier molecular flexibility index (Phi) is 5.23. The molecule has 4 rings (SSSR count). The zero-order valence-corrected chi connectivity index (χ0v) is 16.4. The number of aryl methyl sites for hydroxylation is 2. The summed E-state index contributed by atoms with van der Waals surface area (Å²) >= 11 is 7.85. The molecule has 0 fully saturated rings. The molecule has 0 aliphatic rings. The van der Waals surface area contributed by atoms with Crippen molar-refractivity contribution in [1.82, 2.24) is 9.55 Å². The minimum absolute atomic E-state index is 0.721. The van der Waals surface area contributed by atoms with E-state index in [1.54, 1.807) is 17.6 Å². The Bertz CT molecular complexity index is 1100. The van der Waals surface area contributed by atoms with Gasteiger partial charge in [0.1, 0.15) is 0 Å². The van der Waals surface area contributed by atoms with Crippen LogP contribution in [0.4, 0.5) is 5.69 Å². The minimum atomic E-state index is 0.721. The van der Waals surface area contributed by atoms with E-state index in [1.165, 1.54) is 0 Å². The third-order valence-electron chi connectivity index (χ3n) is 4.27. The number of hydrogen-bond acceptors (Lipinski definition) is 4. The molecule has 3 aromatic heterocycles. The number of rotatable bonds is 5. The van der Waals surface area contributed by atoms with E-state index in [4.69, 9.17) is 21.0 Å². The van der Waals surface area contributed by atoms with Gasteiger partial charge in [-0.2, -0.15) is 0 Å². The second kappa shape index (κ2) is 7.94. The van der Waals surface area contributed by atoms with Crippen LogP contribution in [0.3, 0.4) is 0 Å². The van der Waals surface area contributed by atoms with E-state index in [-0.39, 0.29) is 0 Å². The number of pyridine rings is 1. The molecule has 0 spiro atoms. The van der Waals surface area contributed by atoms with Crippen LogP contribution in [-0.2, 0) is 13.0 Å². The van der Waals surface area contributed by atoms with Crippen molar-refractivity contribution in [1.29, 1.82) is 0 Å². The molecule has 3 heterocycles. The largest absolute Gasteiger partial charge is 0.463 e. The first-order valence-corrected chi connectivity index (χ1v) is 9.89. The van der Waals surface area contributed by atoms with E-state index < -0.39 is 0 Å². The molecule has 0 saturated heterocycles. The van der Waals surface area contributed by atoms with E-state index in [2.05, 4.69) is 14.9 Å². The normalized spacial score (nSPS) is 11.9. The van der Waals surface area contributed by atoms with E-state index >= 15 is 0 Å². The lowest BCUT2D eigenvalue weighted by atomic mass is 10.2. The average Bonchev–Trinajstić information content (AvgIpc) is 3.34. The highest BCUT2D eigenvalue weighted by molar-refractivity contribution is 7.07. The Morgan fingerprint density at radius 1 is 1.19 bits per heavy atom. The summed E-state index contributed by atoms with van der Waals surface area (Å²) in [5, 5.41) is 2.80. The quantitative estimate of drug-likeness (QED) is 0.438. The second-order valence-electron chi connectivity index (χ2n) is 6.15. The van der Waals surface area contributed by atoms with Crippen molar-refractivity contribution in [2.45, 2.75) is 19.9 Å². The van der Waals surface area contributed by atoms with E-state index in [0.717, 1.165) is 51.2 Å². The molecule has 0 N–H and O–H groups in total. The van der Waals surface area contributed by atoms with Crippen LogP contribution in [0.1, 0.15) is 11.3 Å². The van der Waals surface area contributed by atoms with Crippen LogP contribution in [-0.4, -0.2) is 9.55 Å². The number of benzene rings is 1. The van der Waals surface area contributed by atoms with Crippen LogP contribution in [0.2, 0.25) is 5.02 Å². The topological polar surface area (TPSA) is 43.3 Å². The molecule has 0 aliphatic carbocycles. The first-order valence-electron chi connectivity index (χ1n) is 8.64. The maximum absolute atomic E-state index is 6.26. The second-order valence-corrected chi connectivity index (χ2v) is 7.39. The first-order chi connectivity index (χ1) is 13.2. The molecule has 0 bridgehead atoms. The summed E-state index contributed by atoms with van der Waals surface area (Å²) in [6.45, 7) is 2.74. The molecular weight excluding hydrogens is 378 g/mol. The number of nitrogens with zero attached hydrogens (tertiary/aromatic N) is 3. The molecule has 0 saturated carbocycles. The summed E-state index contributed by atoms with van der Waals surface area (Å²) < 4.78 is 7.79. The molecule has 6 heteroatoms. The molecule has 0 atom stereocenters. The predicted octanol–water partition coefficient (Wildman–Crippen LogP) is 5.64. The van der Waals surface area contributed by atoms with Gasteiger partial charge in [-0.1, -0.05) is 23.7 Å². The minimum Gasteiger partial charge on any atom is -0.463 e. The summed E-state index contributed by atoms with van der Waals surface area (Å²) in [6.07, 6.45) is 4.32. The molecule has 1 aromatic carbocycles. The standard InChI is InChI=1S/C21H18ClN3OS/c1-15-7-8-17(13-18(15)22)24-21-25(11-9-16-5-2-3-10-23-16)19(14-27-21)20-6-4-12-26-20/h2-8,10,12-14H,9,11H2,1H3. The highest BCUT2D eigenvalue weighted by atomic mass is 35.5. The van der Waals surface area contributed by atoms with E-state index in [0.29, 0.717) is 0 Å². The maximum Gasteiger partial charge on any atom is 0.190 e.